The van der Waals surface area contributed by atoms with Crippen LogP contribution in [0.2, 0.25) is 0 Å². The molecule has 0 saturated heterocycles. The maximum absolute atomic E-state index is 5.21. The molecule has 0 spiro atoms. The lowest BCUT2D eigenvalue weighted by Crippen LogP contribution is -2.06. The van der Waals surface area contributed by atoms with Crippen LogP contribution in [0.3, 0.4) is 0 Å². The second-order valence-electron chi connectivity index (χ2n) is 3.66. The Morgan fingerprint density at radius 2 is 2.20 bits per heavy atom. The minimum atomic E-state index is 0. The van der Waals surface area contributed by atoms with Crippen molar-refractivity contribution in [3.63, 3.8) is 0 Å². The Morgan fingerprint density at radius 1 is 1.40 bits per heavy atom. The van der Waals surface area contributed by atoms with E-state index in [1.54, 1.807) is 0 Å². The summed E-state index contributed by atoms with van der Waals surface area (Å²) in [7, 11) is 1.87. The molecule has 0 aliphatic heterocycles. The van der Waals surface area contributed by atoms with Gasteiger partial charge in [0.05, 0.1) is 6.54 Å². The summed E-state index contributed by atoms with van der Waals surface area (Å²) in [4.78, 5) is 4.33. The Kier molecular flexibility index (Phi) is 4.29. The third-order valence-electron chi connectivity index (χ3n) is 2.55. The third-order valence-corrected chi connectivity index (χ3v) is 2.55. The third kappa shape index (κ3) is 2.58. The lowest BCUT2D eigenvalue weighted by molar-refractivity contribution is 0.398. The Morgan fingerprint density at radius 3 is 2.80 bits per heavy atom. The van der Waals surface area contributed by atoms with E-state index in [1.165, 1.54) is 24.0 Å². The molecule has 0 radical (unpaired) electrons. The summed E-state index contributed by atoms with van der Waals surface area (Å²) in [5.74, 6) is 1.44. The molecule has 0 unspecified atom stereocenters. The molecule has 2 rings (SSSR count). The van der Waals surface area contributed by atoms with Gasteiger partial charge in [0, 0.05) is 5.57 Å². The van der Waals surface area contributed by atoms with Crippen molar-refractivity contribution in [2.45, 2.75) is 32.7 Å². The second kappa shape index (κ2) is 5.28. The average Bonchev–Trinajstić information content (AvgIpc) is 2.74. The van der Waals surface area contributed by atoms with Crippen molar-refractivity contribution in [2.24, 2.45) is 0 Å². The summed E-state index contributed by atoms with van der Waals surface area (Å²) < 4.78 is 5.21. The van der Waals surface area contributed by atoms with E-state index in [0.29, 0.717) is 12.4 Å². The largest absolute Gasteiger partial charge is 0.334 e. The van der Waals surface area contributed by atoms with Crippen LogP contribution in [0.5, 0.6) is 0 Å². The zero-order valence-electron chi connectivity index (χ0n) is 9.04. The van der Waals surface area contributed by atoms with Crippen LogP contribution >= 0.6 is 12.4 Å². The molecule has 0 saturated carbocycles. The molecule has 1 aliphatic carbocycles. The average molecular weight is 230 g/mol. The minimum absolute atomic E-state index is 0. The Bertz CT molecular complexity index is 359. The van der Waals surface area contributed by atoms with E-state index in [1.807, 2.05) is 7.05 Å². The second-order valence-corrected chi connectivity index (χ2v) is 3.66. The fraction of sp³-hybridized carbons (Fsp3) is 0.600. The van der Waals surface area contributed by atoms with E-state index in [2.05, 4.69) is 22.4 Å². The highest BCUT2D eigenvalue weighted by atomic mass is 35.5. The van der Waals surface area contributed by atoms with Gasteiger partial charge >= 0.3 is 0 Å². The van der Waals surface area contributed by atoms with Crippen LogP contribution in [0.25, 0.3) is 5.57 Å². The van der Waals surface area contributed by atoms with E-state index in [0.717, 1.165) is 12.2 Å². The molecule has 0 bridgehead atoms. The Balaban J connectivity index is 0.00000112. The number of halogens is 1. The quantitative estimate of drug-likeness (QED) is 0.863. The van der Waals surface area contributed by atoms with Crippen molar-refractivity contribution < 1.29 is 4.52 Å². The normalized spacial score (nSPS) is 15.6. The van der Waals surface area contributed by atoms with Crippen LogP contribution in [-0.4, -0.2) is 17.2 Å². The highest BCUT2D eigenvalue weighted by Crippen LogP contribution is 2.32. The van der Waals surface area contributed by atoms with Crippen LogP contribution in [-0.2, 0) is 6.54 Å². The molecule has 1 aromatic rings. The van der Waals surface area contributed by atoms with Crippen molar-refractivity contribution in [2.75, 3.05) is 7.05 Å². The lowest BCUT2D eigenvalue weighted by Gasteiger charge is -1.94. The Labute approximate surface area is 95.5 Å². The Hall–Kier alpha value is -0.870. The number of hydrogen-bond donors (Lipinski definition) is 1. The molecular weight excluding hydrogens is 214 g/mol. The topological polar surface area (TPSA) is 51.0 Å². The number of nitrogens with one attached hydrogen (secondary N) is 1. The predicted octanol–water partition coefficient (Wildman–Crippen LogP) is 2.17. The molecule has 0 fully saturated rings. The zero-order chi connectivity index (χ0) is 9.97. The maximum Gasteiger partial charge on any atom is 0.253 e. The summed E-state index contributed by atoms with van der Waals surface area (Å²) in [5, 5.41) is 6.90. The lowest BCUT2D eigenvalue weighted by atomic mass is 10.2. The molecule has 0 aromatic carbocycles. The molecule has 0 amide bonds. The number of aromatic nitrogens is 2. The first kappa shape index (κ1) is 12.2. The van der Waals surface area contributed by atoms with Gasteiger partial charge in [-0.3, -0.25) is 0 Å². The van der Waals surface area contributed by atoms with E-state index in [4.69, 9.17) is 4.52 Å². The fourth-order valence-electron chi connectivity index (χ4n) is 1.79. The van der Waals surface area contributed by atoms with Gasteiger partial charge in [-0.2, -0.15) is 4.98 Å². The number of hydrogen-bond acceptors (Lipinski definition) is 4. The van der Waals surface area contributed by atoms with E-state index in [9.17, 15) is 0 Å². The van der Waals surface area contributed by atoms with E-state index >= 15 is 0 Å². The van der Waals surface area contributed by atoms with Gasteiger partial charge in [0.25, 0.3) is 5.89 Å². The first-order chi connectivity index (χ1) is 6.81. The van der Waals surface area contributed by atoms with Gasteiger partial charge in [0.15, 0.2) is 5.82 Å². The van der Waals surface area contributed by atoms with Crippen molar-refractivity contribution in [3.8, 4) is 0 Å². The van der Waals surface area contributed by atoms with E-state index < -0.39 is 0 Å². The molecule has 84 valence electrons. The minimum Gasteiger partial charge on any atom is -0.334 e. The van der Waals surface area contributed by atoms with Gasteiger partial charge in [-0.05, 0) is 33.2 Å². The predicted molar refractivity (Wildman–Crippen MR) is 60.8 cm³/mol. The SMILES string of the molecule is CNCc1noc(C2=C(C)CCC2)n1.Cl. The van der Waals surface area contributed by atoms with Gasteiger partial charge in [-0.1, -0.05) is 10.7 Å². The molecule has 1 aromatic heterocycles. The van der Waals surface area contributed by atoms with E-state index in [-0.39, 0.29) is 12.4 Å². The summed E-state index contributed by atoms with van der Waals surface area (Å²) in [6.45, 7) is 2.81. The summed E-state index contributed by atoms with van der Waals surface area (Å²) >= 11 is 0. The number of allylic oxidation sites excluding steroid dienone is 2. The van der Waals surface area contributed by atoms with Gasteiger partial charge in [-0.25, -0.2) is 0 Å². The highest BCUT2D eigenvalue weighted by molar-refractivity contribution is 5.85. The van der Waals surface area contributed by atoms with Crippen LogP contribution in [0, 0.1) is 0 Å². The monoisotopic (exact) mass is 229 g/mol. The zero-order valence-corrected chi connectivity index (χ0v) is 9.86. The summed E-state index contributed by atoms with van der Waals surface area (Å²) in [5.41, 5.74) is 2.64. The first-order valence-electron chi connectivity index (χ1n) is 4.97. The molecule has 5 heteroatoms. The molecule has 4 nitrogen and oxygen atoms in total. The van der Waals surface area contributed by atoms with Crippen LogP contribution in [0.1, 0.15) is 37.9 Å². The number of rotatable bonds is 3. The fourth-order valence-corrected chi connectivity index (χ4v) is 1.79. The van der Waals surface area contributed by atoms with Crippen LogP contribution < -0.4 is 5.32 Å². The maximum atomic E-state index is 5.21. The summed E-state index contributed by atoms with van der Waals surface area (Å²) in [6.07, 6.45) is 3.46. The smallest absolute Gasteiger partial charge is 0.253 e. The molecule has 15 heavy (non-hydrogen) atoms. The van der Waals surface area contributed by atoms with Crippen LogP contribution in [0.4, 0.5) is 0 Å². The van der Waals surface area contributed by atoms with Crippen molar-refractivity contribution in [1.29, 1.82) is 0 Å². The van der Waals surface area contributed by atoms with Gasteiger partial charge in [0.1, 0.15) is 0 Å². The molecule has 1 heterocycles. The summed E-state index contributed by atoms with van der Waals surface area (Å²) in [6, 6.07) is 0. The van der Waals surface area contributed by atoms with Crippen molar-refractivity contribution in [3.05, 3.63) is 17.3 Å². The first-order valence-corrected chi connectivity index (χ1v) is 4.97. The van der Waals surface area contributed by atoms with Crippen LogP contribution in [0.15, 0.2) is 10.1 Å². The molecule has 0 atom stereocenters. The molecule has 1 aliphatic rings. The van der Waals surface area contributed by atoms with Gasteiger partial charge < -0.3 is 9.84 Å². The molecule has 1 N–H and O–H groups in total. The molecular formula is C10H16ClN3O. The van der Waals surface area contributed by atoms with Crippen molar-refractivity contribution in [1.82, 2.24) is 15.5 Å². The standard InChI is InChI=1S/C10H15N3O.ClH/c1-7-4-3-5-8(7)10-12-9(6-11-2)13-14-10;/h11H,3-6H2,1-2H3;1H. The van der Waals surface area contributed by atoms with Gasteiger partial charge in [-0.15, -0.1) is 12.4 Å². The highest BCUT2D eigenvalue weighted by Gasteiger charge is 2.18. The van der Waals surface area contributed by atoms with Crippen molar-refractivity contribution >= 4 is 18.0 Å². The number of nitrogens with zero attached hydrogens (tertiary/aromatic N) is 2. The van der Waals surface area contributed by atoms with Gasteiger partial charge in [0.2, 0.25) is 0 Å².